The normalized spacial score (nSPS) is 11.9. The summed E-state index contributed by atoms with van der Waals surface area (Å²) in [6.07, 6.45) is 0.618. The highest BCUT2D eigenvalue weighted by Gasteiger charge is 2.19. The fourth-order valence-corrected chi connectivity index (χ4v) is 1.19. The molecule has 0 aliphatic carbocycles. The van der Waals surface area contributed by atoms with Crippen molar-refractivity contribution in [2.45, 2.75) is 26.2 Å². The van der Waals surface area contributed by atoms with Crippen LogP contribution in [0.3, 0.4) is 0 Å². The smallest absolute Gasteiger partial charge is 0.223 e. The summed E-state index contributed by atoms with van der Waals surface area (Å²) in [5.74, 6) is -1.18. The largest absolute Gasteiger partial charge is 0.370 e. The van der Waals surface area contributed by atoms with E-state index in [4.69, 9.17) is 5.73 Å². The van der Waals surface area contributed by atoms with Crippen LogP contribution in [0.25, 0.3) is 0 Å². The number of ketones is 1. The third kappa shape index (κ3) is 5.29. The van der Waals surface area contributed by atoms with Crippen LogP contribution in [0.1, 0.15) is 26.2 Å². The van der Waals surface area contributed by atoms with E-state index in [9.17, 15) is 14.4 Å². The van der Waals surface area contributed by atoms with Crippen molar-refractivity contribution >= 4 is 17.6 Å². The molecule has 14 heavy (non-hydrogen) atoms. The van der Waals surface area contributed by atoms with Crippen LogP contribution >= 0.6 is 0 Å². The molecular weight excluding hydrogens is 184 g/mol. The molecule has 0 aromatic carbocycles. The highest BCUT2D eigenvalue weighted by molar-refractivity contribution is 5.86. The Kier molecular flexibility index (Phi) is 5.52. The third-order valence-electron chi connectivity index (χ3n) is 1.89. The molecule has 0 radical (unpaired) electrons. The van der Waals surface area contributed by atoms with Crippen LogP contribution in [0.15, 0.2) is 0 Å². The van der Waals surface area contributed by atoms with Gasteiger partial charge in [0.25, 0.3) is 0 Å². The summed E-state index contributed by atoms with van der Waals surface area (Å²) in [7, 11) is 1.50. The van der Waals surface area contributed by atoms with Gasteiger partial charge in [-0.2, -0.15) is 0 Å². The molecule has 5 heteroatoms. The number of primary amides is 1. The third-order valence-corrected chi connectivity index (χ3v) is 1.89. The van der Waals surface area contributed by atoms with E-state index in [2.05, 4.69) is 5.32 Å². The second-order valence-corrected chi connectivity index (χ2v) is 3.22. The lowest BCUT2D eigenvalue weighted by atomic mass is 9.96. The lowest BCUT2D eigenvalue weighted by molar-refractivity contribution is -0.129. The van der Waals surface area contributed by atoms with Crippen molar-refractivity contribution in [1.82, 2.24) is 5.32 Å². The number of nitrogens with two attached hydrogens (primary N) is 1. The van der Waals surface area contributed by atoms with Crippen LogP contribution in [0.4, 0.5) is 0 Å². The van der Waals surface area contributed by atoms with Crippen LogP contribution in [0, 0.1) is 5.92 Å². The molecule has 0 heterocycles. The molecule has 2 amide bonds. The van der Waals surface area contributed by atoms with E-state index in [1.807, 2.05) is 0 Å². The first-order valence-electron chi connectivity index (χ1n) is 4.46. The summed E-state index contributed by atoms with van der Waals surface area (Å²) in [5.41, 5.74) is 4.96. The number of Topliss-reactive ketones (excluding diaryl/α,β-unsaturated/α-hetero) is 1. The maximum absolute atomic E-state index is 11.2. The average Bonchev–Trinajstić information content (AvgIpc) is 2.10. The predicted octanol–water partition coefficient (Wildman–Crippen LogP) is -0.407. The summed E-state index contributed by atoms with van der Waals surface area (Å²) >= 11 is 0. The van der Waals surface area contributed by atoms with Crippen LogP contribution in [0.2, 0.25) is 0 Å². The van der Waals surface area contributed by atoms with Gasteiger partial charge in [0.1, 0.15) is 5.78 Å². The number of nitrogens with one attached hydrogen (secondary N) is 1. The molecule has 1 atom stereocenters. The lowest BCUT2D eigenvalue weighted by Crippen LogP contribution is -2.29. The summed E-state index contributed by atoms with van der Waals surface area (Å²) in [6.45, 7) is 1.42. The summed E-state index contributed by atoms with van der Waals surface area (Å²) < 4.78 is 0. The minimum absolute atomic E-state index is 0.0666. The monoisotopic (exact) mass is 200 g/mol. The van der Waals surface area contributed by atoms with Crippen molar-refractivity contribution in [2.24, 2.45) is 11.7 Å². The summed E-state index contributed by atoms with van der Waals surface area (Å²) in [5, 5.41) is 2.45. The fraction of sp³-hybridized carbons (Fsp3) is 0.667. The number of hydrogen-bond acceptors (Lipinski definition) is 3. The van der Waals surface area contributed by atoms with E-state index in [0.717, 1.165) is 0 Å². The summed E-state index contributed by atoms with van der Waals surface area (Å²) in [6, 6.07) is 0. The molecule has 80 valence electrons. The fourth-order valence-electron chi connectivity index (χ4n) is 1.19. The van der Waals surface area contributed by atoms with Gasteiger partial charge < -0.3 is 15.8 Å². The van der Waals surface area contributed by atoms with Gasteiger partial charge in [-0.15, -0.1) is 0 Å². The molecule has 0 aromatic rings. The molecule has 0 saturated heterocycles. The number of rotatable bonds is 6. The zero-order valence-electron chi connectivity index (χ0n) is 8.50. The van der Waals surface area contributed by atoms with Crippen molar-refractivity contribution in [1.29, 1.82) is 0 Å². The van der Waals surface area contributed by atoms with Gasteiger partial charge in [-0.3, -0.25) is 9.59 Å². The highest BCUT2D eigenvalue weighted by atomic mass is 16.2. The highest BCUT2D eigenvalue weighted by Crippen LogP contribution is 2.11. The minimum Gasteiger partial charge on any atom is -0.370 e. The molecule has 0 fully saturated rings. The van der Waals surface area contributed by atoms with Crippen molar-refractivity contribution in [3.05, 3.63) is 0 Å². The Morgan fingerprint density at radius 1 is 1.36 bits per heavy atom. The van der Waals surface area contributed by atoms with Crippen LogP contribution in [0.5, 0.6) is 0 Å². The van der Waals surface area contributed by atoms with Gasteiger partial charge in [0.2, 0.25) is 11.8 Å². The van der Waals surface area contributed by atoms with Crippen LogP contribution < -0.4 is 11.1 Å². The second-order valence-electron chi connectivity index (χ2n) is 3.22. The average molecular weight is 200 g/mol. The van der Waals surface area contributed by atoms with Crippen molar-refractivity contribution in [2.75, 3.05) is 7.05 Å². The van der Waals surface area contributed by atoms with Gasteiger partial charge in [0.15, 0.2) is 0 Å². The Balaban J connectivity index is 4.17. The number of amides is 2. The Bertz CT molecular complexity index is 238. The van der Waals surface area contributed by atoms with E-state index in [1.54, 1.807) is 0 Å². The van der Waals surface area contributed by atoms with Crippen molar-refractivity contribution in [3.8, 4) is 0 Å². The molecule has 0 bridgehead atoms. The minimum atomic E-state index is -0.456. The van der Waals surface area contributed by atoms with E-state index >= 15 is 0 Å². The molecule has 3 N–H and O–H groups in total. The number of hydrogen-bond donors (Lipinski definition) is 2. The van der Waals surface area contributed by atoms with Crippen LogP contribution in [-0.4, -0.2) is 24.6 Å². The van der Waals surface area contributed by atoms with Gasteiger partial charge in [-0.25, -0.2) is 0 Å². The van der Waals surface area contributed by atoms with E-state index in [1.165, 1.54) is 14.0 Å². The lowest BCUT2D eigenvalue weighted by Gasteiger charge is -2.12. The quantitative estimate of drug-likeness (QED) is 0.611. The van der Waals surface area contributed by atoms with Crippen molar-refractivity contribution in [3.63, 3.8) is 0 Å². The second kappa shape index (κ2) is 6.12. The maximum Gasteiger partial charge on any atom is 0.223 e. The van der Waals surface area contributed by atoms with E-state index in [0.29, 0.717) is 6.42 Å². The standard InChI is InChI=1S/C9H16N2O3/c1-6(12)5-7(9(14)11-2)3-4-8(10)13/h7H,3-5H2,1-2H3,(H2,10,13)(H,11,14)/t7-/m1/s1. The molecule has 0 rings (SSSR count). The first kappa shape index (κ1) is 12.6. The first-order chi connectivity index (χ1) is 6.47. The molecule has 0 saturated carbocycles. The zero-order valence-corrected chi connectivity index (χ0v) is 8.50. The first-order valence-corrected chi connectivity index (χ1v) is 4.46. The van der Waals surface area contributed by atoms with Crippen LogP contribution in [-0.2, 0) is 14.4 Å². The molecule has 0 aliphatic heterocycles. The van der Waals surface area contributed by atoms with E-state index < -0.39 is 11.8 Å². The summed E-state index contributed by atoms with van der Waals surface area (Å²) in [4.78, 5) is 32.6. The molecule has 0 aromatic heterocycles. The topological polar surface area (TPSA) is 89.3 Å². The molecule has 5 nitrogen and oxygen atoms in total. The van der Waals surface area contributed by atoms with Gasteiger partial charge in [-0.05, 0) is 13.3 Å². The molecule has 0 unspecified atom stereocenters. The molecule has 0 aliphatic rings. The van der Waals surface area contributed by atoms with Gasteiger partial charge >= 0.3 is 0 Å². The predicted molar refractivity (Wildman–Crippen MR) is 51.3 cm³/mol. The maximum atomic E-state index is 11.2. The van der Waals surface area contributed by atoms with Gasteiger partial charge in [-0.1, -0.05) is 0 Å². The van der Waals surface area contributed by atoms with E-state index in [-0.39, 0.29) is 24.5 Å². The Labute approximate surface area is 83.0 Å². The van der Waals surface area contributed by atoms with Crippen molar-refractivity contribution < 1.29 is 14.4 Å². The Morgan fingerprint density at radius 3 is 2.29 bits per heavy atom. The van der Waals surface area contributed by atoms with Gasteiger partial charge in [0.05, 0.1) is 0 Å². The Morgan fingerprint density at radius 2 is 1.93 bits per heavy atom. The van der Waals surface area contributed by atoms with Gasteiger partial charge in [0, 0.05) is 25.8 Å². The zero-order chi connectivity index (χ0) is 11.1. The SMILES string of the molecule is CNC(=O)[C@H](CCC(N)=O)CC(C)=O. The number of carbonyl (C=O) groups excluding carboxylic acids is 3. The molecule has 0 spiro atoms. The Hall–Kier alpha value is -1.39. The number of carbonyl (C=O) groups is 3. The molecular formula is C9H16N2O3.